The molecule has 0 saturated heterocycles. The SMILES string of the molecule is COc1ccc(C(N)=O)c(OC(C)C(=O)c2ccccc2)c1. The maximum atomic E-state index is 12.3. The number of hydrogen-bond donors (Lipinski definition) is 1. The van der Waals surface area contributed by atoms with E-state index in [1.807, 2.05) is 6.07 Å². The van der Waals surface area contributed by atoms with Gasteiger partial charge < -0.3 is 15.2 Å². The normalized spacial score (nSPS) is 11.5. The fourth-order valence-electron chi connectivity index (χ4n) is 2.01. The molecule has 0 fully saturated rings. The number of carbonyl (C=O) groups excluding carboxylic acids is 2. The third-order valence-electron chi connectivity index (χ3n) is 3.19. The lowest BCUT2D eigenvalue weighted by molar-refractivity contribution is 0.0810. The molecule has 0 aliphatic heterocycles. The van der Waals surface area contributed by atoms with Crippen LogP contribution in [0.15, 0.2) is 48.5 Å². The second-order valence-electron chi connectivity index (χ2n) is 4.72. The first-order valence-corrected chi connectivity index (χ1v) is 6.76. The fourth-order valence-corrected chi connectivity index (χ4v) is 2.01. The van der Waals surface area contributed by atoms with E-state index in [0.29, 0.717) is 11.3 Å². The molecule has 2 N–H and O–H groups in total. The van der Waals surface area contributed by atoms with E-state index in [2.05, 4.69) is 0 Å². The molecule has 2 aromatic rings. The summed E-state index contributed by atoms with van der Waals surface area (Å²) in [5.74, 6) is -0.0705. The molecule has 1 atom stereocenters. The predicted octanol–water partition coefficient (Wildman–Crippen LogP) is 2.44. The van der Waals surface area contributed by atoms with E-state index in [9.17, 15) is 9.59 Å². The highest BCUT2D eigenvalue weighted by Gasteiger charge is 2.20. The second-order valence-corrected chi connectivity index (χ2v) is 4.72. The highest BCUT2D eigenvalue weighted by molar-refractivity contribution is 6.00. The smallest absolute Gasteiger partial charge is 0.252 e. The Kier molecular flexibility index (Phi) is 4.78. The van der Waals surface area contributed by atoms with Gasteiger partial charge in [-0.15, -0.1) is 0 Å². The number of amides is 1. The van der Waals surface area contributed by atoms with Gasteiger partial charge in [-0.1, -0.05) is 30.3 Å². The molecule has 0 bridgehead atoms. The first kappa shape index (κ1) is 15.6. The van der Waals surface area contributed by atoms with E-state index >= 15 is 0 Å². The van der Waals surface area contributed by atoms with Crippen molar-refractivity contribution in [1.82, 2.24) is 0 Å². The van der Waals surface area contributed by atoms with Crippen LogP contribution in [0, 0.1) is 0 Å². The van der Waals surface area contributed by atoms with Gasteiger partial charge in [-0.3, -0.25) is 9.59 Å². The molecule has 2 rings (SSSR count). The number of primary amides is 1. The topological polar surface area (TPSA) is 78.6 Å². The standard InChI is InChI=1S/C17H17NO4/c1-11(16(19)12-6-4-3-5-7-12)22-15-10-13(21-2)8-9-14(15)17(18)20/h3-11H,1-2H3,(H2,18,20). The van der Waals surface area contributed by atoms with Crippen LogP contribution in [-0.4, -0.2) is 24.9 Å². The summed E-state index contributed by atoms with van der Waals surface area (Å²) in [6.07, 6.45) is -0.757. The van der Waals surface area contributed by atoms with Gasteiger partial charge >= 0.3 is 0 Å². The van der Waals surface area contributed by atoms with Crippen LogP contribution in [-0.2, 0) is 0 Å². The molecule has 5 nitrogen and oxygen atoms in total. The highest BCUT2D eigenvalue weighted by Crippen LogP contribution is 2.26. The first-order valence-electron chi connectivity index (χ1n) is 6.76. The molecule has 0 aromatic heterocycles. The number of ketones is 1. The number of rotatable bonds is 6. The summed E-state index contributed by atoms with van der Waals surface area (Å²) in [6.45, 7) is 1.62. The Morgan fingerprint density at radius 1 is 1.09 bits per heavy atom. The predicted molar refractivity (Wildman–Crippen MR) is 82.4 cm³/mol. The van der Waals surface area contributed by atoms with Gasteiger partial charge in [0.2, 0.25) is 5.78 Å². The van der Waals surface area contributed by atoms with Crippen LogP contribution in [0.4, 0.5) is 0 Å². The molecule has 2 aromatic carbocycles. The number of nitrogens with two attached hydrogens (primary N) is 1. The minimum absolute atomic E-state index is 0.182. The quantitative estimate of drug-likeness (QED) is 0.831. The van der Waals surface area contributed by atoms with E-state index in [4.69, 9.17) is 15.2 Å². The Bertz CT molecular complexity index is 682. The molecule has 22 heavy (non-hydrogen) atoms. The number of methoxy groups -OCH3 is 1. The summed E-state index contributed by atoms with van der Waals surface area (Å²) < 4.78 is 10.7. The van der Waals surface area contributed by atoms with E-state index in [-0.39, 0.29) is 17.1 Å². The Morgan fingerprint density at radius 2 is 1.77 bits per heavy atom. The van der Waals surface area contributed by atoms with Crippen molar-refractivity contribution < 1.29 is 19.1 Å². The van der Waals surface area contributed by atoms with Crippen LogP contribution in [0.2, 0.25) is 0 Å². The molecule has 0 radical (unpaired) electrons. The lowest BCUT2D eigenvalue weighted by Gasteiger charge is -2.16. The lowest BCUT2D eigenvalue weighted by atomic mass is 10.1. The van der Waals surface area contributed by atoms with Gasteiger partial charge in [0, 0.05) is 11.6 Å². The average Bonchev–Trinajstić information content (AvgIpc) is 2.54. The fraction of sp³-hybridized carbons (Fsp3) is 0.176. The van der Waals surface area contributed by atoms with E-state index in [1.54, 1.807) is 37.3 Å². The third-order valence-corrected chi connectivity index (χ3v) is 3.19. The van der Waals surface area contributed by atoms with Crippen LogP contribution in [0.25, 0.3) is 0 Å². The van der Waals surface area contributed by atoms with Gasteiger partial charge in [0.05, 0.1) is 12.7 Å². The summed E-state index contributed by atoms with van der Waals surface area (Å²) in [4.78, 5) is 23.8. The molecule has 1 unspecified atom stereocenters. The summed E-state index contributed by atoms with van der Waals surface area (Å²) in [7, 11) is 1.50. The number of hydrogen-bond acceptors (Lipinski definition) is 4. The molecule has 0 spiro atoms. The zero-order valence-corrected chi connectivity index (χ0v) is 12.4. The van der Waals surface area contributed by atoms with Gasteiger partial charge in [-0.2, -0.15) is 0 Å². The molecule has 5 heteroatoms. The van der Waals surface area contributed by atoms with Gasteiger partial charge in [0.15, 0.2) is 6.10 Å². The summed E-state index contributed by atoms with van der Waals surface area (Å²) in [6, 6.07) is 13.5. The molecule has 0 heterocycles. The molecule has 114 valence electrons. The van der Waals surface area contributed by atoms with Crippen LogP contribution in [0.3, 0.4) is 0 Å². The third kappa shape index (κ3) is 3.44. The van der Waals surface area contributed by atoms with Gasteiger partial charge in [-0.05, 0) is 19.1 Å². The number of ether oxygens (including phenoxy) is 2. The maximum absolute atomic E-state index is 12.3. The molecule has 0 aliphatic rings. The molecule has 0 saturated carbocycles. The average molecular weight is 299 g/mol. The minimum atomic E-state index is -0.757. The molecular formula is C17H17NO4. The highest BCUT2D eigenvalue weighted by atomic mass is 16.5. The van der Waals surface area contributed by atoms with E-state index < -0.39 is 12.0 Å². The number of Topliss-reactive ketones (excluding diaryl/α,β-unsaturated/α-hetero) is 1. The van der Waals surface area contributed by atoms with Crippen molar-refractivity contribution in [3.05, 3.63) is 59.7 Å². The van der Waals surface area contributed by atoms with Gasteiger partial charge in [-0.25, -0.2) is 0 Å². The van der Waals surface area contributed by atoms with Crippen molar-refractivity contribution in [2.45, 2.75) is 13.0 Å². The Hall–Kier alpha value is -2.82. The Balaban J connectivity index is 2.25. The maximum Gasteiger partial charge on any atom is 0.252 e. The van der Waals surface area contributed by atoms with Crippen molar-refractivity contribution in [2.24, 2.45) is 5.73 Å². The van der Waals surface area contributed by atoms with Crippen molar-refractivity contribution in [3.8, 4) is 11.5 Å². The van der Waals surface area contributed by atoms with Crippen LogP contribution >= 0.6 is 0 Å². The van der Waals surface area contributed by atoms with Crippen molar-refractivity contribution in [1.29, 1.82) is 0 Å². The number of benzene rings is 2. The van der Waals surface area contributed by atoms with Gasteiger partial charge in [0.1, 0.15) is 11.5 Å². The van der Waals surface area contributed by atoms with Gasteiger partial charge in [0.25, 0.3) is 5.91 Å². The first-order chi connectivity index (χ1) is 10.5. The summed E-state index contributed by atoms with van der Waals surface area (Å²) in [5.41, 5.74) is 6.07. The summed E-state index contributed by atoms with van der Waals surface area (Å²) in [5, 5.41) is 0. The molecule has 0 aliphatic carbocycles. The second kappa shape index (κ2) is 6.76. The lowest BCUT2D eigenvalue weighted by Crippen LogP contribution is -2.25. The minimum Gasteiger partial charge on any atom is -0.497 e. The van der Waals surface area contributed by atoms with Crippen molar-refractivity contribution in [2.75, 3.05) is 7.11 Å². The monoisotopic (exact) mass is 299 g/mol. The van der Waals surface area contributed by atoms with Crippen molar-refractivity contribution >= 4 is 11.7 Å². The van der Waals surface area contributed by atoms with E-state index in [1.165, 1.54) is 19.2 Å². The summed E-state index contributed by atoms with van der Waals surface area (Å²) >= 11 is 0. The van der Waals surface area contributed by atoms with Crippen LogP contribution < -0.4 is 15.2 Å². The van der Waals surface area contributed by atoms with Crippen LogP contribution in [0.1, 0.15) is 27.6 Å². The Morgan fingerprint density at radius 3 is 2.36 bits per heavy atom. The number of carbonyl (C=O) groups is 2. The van der Waals surface area contributed by atoms with Crippen LogP contribution in [0.5, 0.6) is 11.5 Å². The zero-order chi connectivity index (χ0) is 16.1. The molecule has 1 amide bonds. The van der Waals surface area contributed by atoms with E-state index in [0.717, 1.165) is 0 Å². The van der Waals surface area contributed by atoms with Crippen molar-refractivity contribution in [3.63, 3.8) is 0 Å². The Labute approximate surface area is 128 Å². The molecular weight excluding hydrogens is 282 g/mol. The zero-order valence-electron chi connectivity index (χ0n) is 12.4. The largest absolute Gasteiger partial charge is 0.497 e.